The van der Waals surface area contributed by atoms with Crippen molar-refractivity contribution in [3.05, 3.63) is 64.2 Å². The summed E-state index contributed by atoms with van der Waals surface area (Å²) in [7, 11) is 0. The number of carboxylic acid groups (broad SMARTS) is 1. The highest BCUT2D eigenvalue weighted by atomic mass is 32.1. The van der Waals surface area contributed by atoms with Gasteiger partial charge in [-0.15, -0.1) is 0 Å². The largest absolute Gasteiger partial charge is 0.480 e. The lowest BCUT2D eigenvalue weighted by Crippen LogP contribution is -2.27. The topological polar surface area (TPSA) is 71.7 Å². The number of hydrogen-bond acceptors (Lipinski definition) is 3. The zero-order valence-corrected chi connectivity index (χ0v) is 14.8. The van der Waals surface area contributed by atoms with E-state index >= 15 is 0 Å². The monoisotopic (exact) mass is 394 g/mol. The number of aliphatic carboxylic acids is 1. The van der Waals surface area contributed by atoms with Crippen LogP contribution in [-0.4, -0.2) is 21.6 Å². The number of aromatic nitrogens is 1. The maximum Gasteiger partial charge on any atom is 0.326 e. The van der Waals surface area contributed by atoms with E-state index < -0.39 is 35.4 Å². The maximum absolute atomic E-state index is 14.1. The fourth-order valence-corrected chi connectivity index (χ4v) is 3.73. The van der Waals surface area contributed by atoms with E-state index in [4.69, 9.17) is 0 Å². The first-order valence-corrected chi connectivity index (χ1v) is 8.71. The molecule has 0 saturated carbocycles. The molecule has 0 spiro atoms. The van der Waals surface area contributed by atoms with E-state index in [2.05, 4.69) is 4.99 Å². The quantitative estimate of drug-likeness (QED) is 0.730. The smallest absolute Gasteiger partial charge is 0.326 e. The van der Waals surface area contributed by atoms with Gasteiger partial charge in [-0.25, -0.2) is 18.0 Å². The second-order valence-electron chi connectivity index (χ2n) is 5.65. The molecule has 1 atom stereocenters. The van der Waals surface area contributed by atoms with E-state index in [9.17, 15) is 27.9 Å². The predicted octanol–water partition coefficient (Wildman–Crippen LogP) is 3.90. The van der Waals surface area contributed by atoms with Crippen molar-refractivity contribution >= 4 is 33.4 Å². The first kappa shape index (κ1) is 18.8. The number of nitrogens with zero attached hydrogens (tertiary/aromatic N) is 2. The number of carbonyl (C=O) groups is 2. The van der Waals surface area contributed by atoms with Crippen LogP contribution in [0, 0.1) is 17.5 Å². The number of benzene rings is 2. The molecule has 1 unspecified atom stereocenters. The van der Waals surface area contributed by atoms with E-state index in [0.717, 1.165) is 23.5 Å². The Morgan fingerprint density at radius 3 is 2.52 bits per heavy atom. The van der Waals surface area contributed by atoms with Crippen molar-refractivity contribution in [2.24, 2.45) is 4.99 Å². The summed E-state index contributed by atoms with van der Waals surface area (Å²) in [5.74, 6) is -4.95. The average Bonchev–Trinajstić information content (AvgIpc) is 2.97. The third-order valence-electron chi connectivity index (χ3n) is 3.95. The summed E-state index contributed by atoms with van der Waals surface area (Å²) < 4.78 is 42.0. The minimum absolute atomic E-state index is 0.0425. The Hall–Kier alpha value is -2.94. The maximum atomic E-state index is 14.1. The van der Waals surface area contributed by atoms with Crippen molar-refractivity contribution in [3.63, 3.8) is 0 Å². The molecule has 1 amide bonds. The zero-order valence-electron chi connectivity index (χ0n) is 13.9. The summed E-state index contributed by atoms with van der Waals surface area (Å²) in [6, 6.07) is 5.66. The molecule has 3 rings (SSSR count). The summed E-state index contributed by atoms with van der Waals surface area (Å²) in [6.07, 6.45) is 0.171. The van der Waals surface area contributed by atoms with Crippen molar-refractivity contribution < 1.29 is 27.9 Å². The van der Waals surface area contributed by atoms with E-state index in [1.54, 1.807) is 6.92 Å². The lowest BCUT2D eigenvalue weighted by molar-refractivity contribution is -0.140. The van der Waals surface area contributed by atoms with Gasteiger partial charge in [-0.05, 0) is 36.8 Å². The van der Waals surface area contributed by atoms with Gasteiger partial charge < -0.3 is 9.67 Å². The van der Waals surface area contributed by atoms with Gasteiger partial charge >= 0.3 is 5.97 Å². The molecule has 1 N–H and O–H groups in total. The van der Waals surface area contributed by atoms with E-state index in [-0.39, 0.29) is 27.0 Å². The minimum Gasteiger partial charge on any atom is -0.480 e. The molecule has 27 heavy (non-hydrogen) atoms. The Morgan fingerprint density at radius 1 is 1.15 bits per heavy atom. The molecule has 0 radical (unpaired) electrons. The number of rotatable bonds is 4. The number of fused-ring (bicyclic) bond motifs is 1. The van der Waals surface area contributed by atoms with Crippen LogP contribution in [0.25, 0.3) is 10.2 Å². The molecular weight excluding hydrogens is 381 g/mol. The van der Waals surface area contributed by atoms with Gasteiger partial charge in [0.2, 0.25) is 0 Å². The van der Waals surface area contributed by atoms with Crippen LogP contribution in [-0.2, 0) is 4.79 Å². The van der Waals surface area contributed by atoms with Crippen molar-refractivity contribution in [3.8, 4) is 0 Å². The first-order chi connectivity index (χ1) is 12.8. The number of halogens is 3. The number of carboxylic acids is 1. The van der Waals surface area contributed by atoms with Crippen LogP contribution in [0.15, 0.2) is 41.4 Å². The molecule has 5 nitrogen and oxygen atoms in total. The van der Waals surface area contributed by atoms with Crippen LogP contribution < -0.4 is 4.80 Å². The lowest BCUT2D eigenvalue weighted by atomic mass is 10.2. The van der Waals surface area contributed by atoms with Crippen molar-refractivity contribution in [2.75, 3.05) is 0 Å². The highest BCUT2D eigenvalue weighted by Gasteiger charge is 2.23. The van der Waals surface area contributed by atoms with E-state index in [0.29, 0.717) is 6.07 Å². The summed E-state index contributed by atoms with van der Waals surface area (Å²) in [5.41, 5.74) is 0.0767. The van der Waals surface area contributed by atoms with Gasteiger partial charge in [0, 0.05) is 5.56 Å². The van der Waals surface area contributed by atoms with Crippen LogP contribution in [0.5, 0.6) is 0 Å². The van der Waals surface area contributed by atoms with E-state index in [1.165, 1.54) is 22.8 Å². The van der Waals surface area contributed by atoms with Gasteiger partial charge in [0.1, 0.15) is 11.9 Å². The molecule has 0 bridgehead atoms. The third-order valence-corrected chi connectivity index (χ3v) is 5.03. The Morgan fingerprint density at radius 2 is 1.89 bits per heavy atom. The minimum atomic E-state index is -1.21. The molecule has 1 heterocycles. The Kier molecular flexibility index (Phi) is 5.13. The second-order valence-corrected chi connectivity index (χ2v) is 6.63. The summed E-state index contributed by atoms with van der Waals surface area (Å²) in [4.78, 5) is 27.8. The number of carbonyl (C=O) groups excluding carboxylic acids is 1. The van der Waals surface area contributed by atoms with Gasteiger partial charge in [0.05, 0.1) is 10.2 Å². The van der Waals surface area contributed by atoms with Crippen LogP contribution in [0.3, 0.4) is 0 Å². The van der Waals surface area contributed by atoms with Crippen LogP contribution >= 0.6 is 11.3 Å². The SMILES string of the molecule is CCC(C(=O)O)n1c(=NC(=O)c2ccc(F)c(F)c2)sc2c(F)cccc21. The Labute approximate surface area is 155 Å². The third kappa shape index (κ3) is 3.50. The molecular formula is C18H13F3N2O3S. The standard InChI is InChI=1S/C18H13F3N2O3S/c1-2-13(17(25)26)23-14-5-3-4-11(20)15(14)27-18(23)22-16(24)9-6-7-10(19)12(21)8-9/h3-8,13H,2H2,1H3,(H,25,26). The lowest BCUT2D eigenvalue weighted by Gasteiger charge is -2.13. The van der Waals surface area contributed by atoms with Gasteiger partial charge in [-0.2, -0.15) is 4.99 Å². The van der Waals surface area contributed by atoms with Gasteiger partial charge in [0.15, 0.2) is 16.4 Å². The molecule has 1 aromatic heterocycles. The second kappa shape index (κ2) is 7.36. The van der Waals surface area contributed by atoms with E-state index in [1.807, 2.05) is 0 Å². The van der Waals surface area contributed by atoms with Crippen molar-refractivity contribution in [2.45, 2.75) is 19.4 Å². The summed E-state index contributed by atoms with van der Waals surface area (Å²) >= 11 is 0.811. The molecule has 2 aromatic carbocycles. The first-order valence-electron chi connectivity index (χ1n) is 7.90. The molecule has 0 aliphatic carbocycles. The zero-order chi connectivity index (χ0) is 19.7. The Balaban J connectivity index is 2.24. The van der Waals surface area contributed by atoms with Crippen LogP contribution in [0.2, 0.25) is 0 Å². The molecule has 3 aromatic rings. The summed E-state index contributed by atoms with van der Waals surface area (Å²) in [6.45, 7) is 1.63. The molecule has 9 heteroatoms. The van der Waals surface area contributed by atoms with Crippen LogP contribution in [0.1, 0.15) is 29.7 Å². The van der Waals surface area contributed by atoms with Crippen molar-refractivity contribution in [1.29, 1.82) is 0 Å². The normalized spacial score (nSPS) is 13.1. The molecule has 0 aliphatic heterocycles. The summed E-state index contributed by atoms with van der Waals surface area (Å²) in [5, 5.41) is 9.49. The Bertz CT molecular complexity index is 1120. The number of hydrogen-bond donors (Lipinski definition) is 1. The highest BCUT2D eigenvalue weighted by Crippen LogP contribution is 2.25. The fourth-order valence-electron chi connectivity index (χ4n) is 2.66. The number of amides is 1. The van der Waals surface area contributed by atoms with Crippen molar-refractivity contribution in [1.82, 2.24) is 4.57 Å². The fraction of sp³-hybridized carbons (Fsp3) is 0.167. The van der Waals surface area contributed by atoms with Gasteiger partial charge in [0.25, 0.3) is 5.91 Å². The molecule has 0 aliphatic rings. The van der Waals surface area contributed by atoms with Gasteiger partial charge in [-0.3, -0.25) is 4.79 Å². The van der Waals surface area contributed by atoms with Crippen LogP contribution in [0.4, 0.5) is 13.2 Å². The number of thiazole rings is 1. The van der Waals surface area contributed by atoms with Gasteiger partial charge in [-0.1, -0.05) is 24.3 Å². The predicted molar refractivity (Wildman–Crippen MR) is 93.0 cm³/mol. The molecule has 0 saturated heterocycles. The average molecular weight is 394 g/mol. The highest BCUT2D eigenvalue weighted by molar-refractivity contribution is 7.16. The molecule has 0 fully saturated rings. The molecule has 140 valence electrons.